The first kappa shape index (κ1) is 16.3. The van der Waals surface area contributed by atoms with Gasteiger partial charge in [-0.25, -0.2) is 0 Å². The first-order chi connectivity index (χ1) is 1.00. The van der Waals surface area contributed by atoms with Crippen LogP contribution in [0.15, 0.2) is 0 Å². The summed E-state index contributed by atoms with van der Waals surface area (Å²) >= 11 is 3.00. The molecule has 0 aromatic carbocycles. The second kappa shape index (κ2) is 18.6. The predicted molar refractivity (Wildman–Crippen MR) is 26.3 cm³/mol. The van der Waals surface area contributed by atoms with Crippen LogP contribution < -0.4 is 0 Å². The Morgan fingerprint density at radius 3 is 1.00 bits per heavy atom. The molecule has 4 heteroatoms. The number of hydrogen-bond acceptors (Lipinski definition) is 1. The van der Waals surface area contributed by atoms with E-state index in [0.717, 1.165) is 0 Å². The Hall–Kier alpha value is 2.28. The van der Waals surface area contributed by atoms with Gasteiger partial charge in [-0.15, -0.1) is 0 Å². The monoisotopic (exact) mass is 310 g/mol. The van der Waals surface area contributed by atoms with E-state index in [1.54, 1.807) is 0 Å². The predicted octanol–water partition coefficient (Wildman–Crippen LogP) is 0.308. The minimum absolute atomic E-state index is 0. The summed E-state index contributed by atoms with van der Waals surface area (Å²) in [5.41, 5.74) is 0. The summed E-state index contributed by atoms with van der Waals surface area (Å²) in [6, 6.07) is 0. The van der Waals surface area contributed by atoms with Crippen LogP contribution in [0.25, 0.3) is 0 Å². The standard InChI is InChI=1S/ClHS.2Sb/c1-2;;/h2H;;/q;2*+3. The van der Waals surface area contributed by atoms with Crippen molar-refractivity contribution in [1.82, 2.24) is 0 Å². The number of halogens is 1. The molecule has 0 unspecified atom stereocenters. The molecule has 0 N–H and O–H groups in total. The summed E-state index contributed by atoms with van der Waals surface area (Å²) in [5, 5.41) is 0. The zero-order chi connectivity index (χ0) is 2.00. The summed E-state index contributed by atoms with van der Waals surface area (Å²) in [6.45, 7) is 0. The fourth-order valence-electron chi connectivity index (χ4n) is 0. The van der Waals surface area contributed by atoms with Crippen molar-refractivity contribution in [1.29, 1.82) is 0 Å². The molecule has 0 aromatic heterocycles. The van der Waals surface area contributed by atoms with Crippen LogP contribution in [0.4, 0.5) is 0 Å². The van der Waals surface area contributed by atoms with E-state index in [4.69, 9.17) is 0 Å². The number of hydrogen-bond donors (Lipinski definition) is 1. The van der Waals surface area contributed by atoms with E-state index in [9.17, 15) is 0 Å². The largest absolute Gasteiger partial charge is 3.00 e. The molecule has 4 radical (unpaired) electrons. The number of thiol groups is 1. The van der Waals surface area contributed by atoms with Crippen molar-refractivity contribution >= 4 is 71.4 Å². The first-order valence-electron chi connectivity index (χ1n) is 0.169. The Labute approximate surface area is 70.5 Å². The maximum Gasteiger partial charge on any atom is 3.00 e. The first-order valence-corrected chi connectivity index (χ1v) is 1.52. The maximum atomic E-state index is 4.33. The topological polar surface area (TPSA) is 0 Å². The van der Waals surface area contributed by atoms with Gasteiger partial charge in [0.05, 0.1) is 0 Å². The van der Waals surface area contributed by atoms with Gasteiger partial charge < -0.3 is 0 Å². The van der Waals surface area contributed by atoms with Crippen LogP contribution in [0.1, 0.15) is 0 Å². The summed E-state index contributed by atoms with van der Waals surface area (Å²) in [5.74, 6) is 0. The molecule has 0 saturated carbocycles. The molecule has 0 heterocycles. The summed E-state index contributed by atoms with van der Waals surface area (Å²) in [6.07, 6.45) is 0. The molecule has 0 amide bonds. The van der Waals surface area contributed by atoms with Crippen molar-refractivity contribution in [3.05, 3.63) is 0 Å². The molecule has 0 saturated heterocycles. The van der Waals surface area contributed by atoms with Crippen molar-refractivity contribution in [2.75, 3.05) is 0 Å². The van der Waals surface area contributed by atoms with Crippen molar-refractivity contribution in [3.63, 3.8) is 0 Å². The molecule has 0 aliphatic heterocycles. The van der Waals surface area contributed by atoms with Gasteiger partial charge in [0, 0.05) is 0 Å². The molecule has 0 spiro atoms. The molecule has 0 fully saturated rings. The van der Waals surface area contributed by atoms with E-state index < -0.39 is 0 Å². The average molecular weight is 312 g/mol. The average Bonchev–Trinajstić information content (AvgIpc) is 1.00. The number of rotatable bonds is 0. The molecule has 0 nitrogen and oxygen atoms in total. The zero-order valence-electron chi connectivity index (χ0n) is 1.72. The van der Waals surface area contributed by atoms with Gasteiger partial charge in [0.25, 0.3) is 0 Å². The molecule has 4 heavy (non-hydrogen) atoms. The van der Waals surface area contributed by atoms with Crippen molar-refractivity contribution in [3.8, 4) is 0 Å². The molecule has 0 rings (SSSR count). The Balaban J connectivity index is -0.00000000500. The summed E-state index contributed by atoms with van der Waals surface area (Å²) < 4.78 is 0. The molecular weight excluding hydrogens is 311 g/mol. The van der Waals surface area contributed by atoms with Gasteiger partial charge in [0.1, 0.15) is 0 Å². The molecule has 18 valence electrons. The second-order valence-corrected chi connectivity index (χ2v) is 0. The van der Waals surface area contributed by atoms with E-state index in [1.165, 1.54) is 0 Å². The van der Waals surface area contributed by atoms with Crippen LogP contribution >= 0.6 is 22.5 Å². The van der Waals surface area contributed by atoms with Gasteiger partial charge in [-0.3, -0.25) is 0 Å². The minimum atomic E-state index is 0. The van der Waals surface area contributed by atoms with E-state index in [0.29, 0.717) is 0 Å². The van der Waals surface area contributed by atoms with Gasteiger partial charge in [-0.1, -0.05) is 11.8 Å². The van der Waals surface area contributed by atoms with Crippen molar-refractivity contribution < 1.29 is 0 Å². The molecular formula is HClSSb2+6. The smallest absolute Gasteiger partial charge is 0.0728 e. The molecule has 0 atom stereocenters. The maximum absolute atomic E-state index is 4.33. The fraction of sp³-hybridized carbons (Fsp3) is 0. The van der Waals surface area contributed by atoms with E-state index >= 15 is 0 Å². The Bertz CT molecular complexity index is 6.00. The third kappa shape index (κ3) is 8.86. The Kier molecular flexibility index (Phi) is 75.8. The minimum Gasteiger partial charge on any atom is -0.0728 e. The van der Waals surface area contributed by atoms with Gasteiger partial charge in [0.15, 0.2) is 0 Å². The second-order valence-electron chi connectivity index (χ2n) is 0. The van der Waals surface area contributed by atoms with Gasteiger partial charge in [0.2, 0.25) is 0 Å². The Morgan fingerprint density at radius 2 is 1.00 bits per heavy atom. The van der Waals surface area contributed by atoms with Crippen LogP contribution in [-0.2, 0) is 0 Å². The molecule has 0 aliphatic carbocycles. The van der Waals surface area contributed by atoms with Gasteiger partial charge in [-0.2, -0.15) is 0 Å². The third-order valence-electron chi connectivity index (χ3n) is 0. The fourth-order valence-corrected chi connectivity index (χ4v) is 0. The quantitative estimate of drug-likeness (QED) is 0.483. The molecule has 0 bridgehead atoms. The van der Waals surface area contributed by atoms with Gasteiger partial charge >= 0.3 is 48.9 Å². The summed E-state index contributed by atoms with van der Waals surface area (Å²) in [4.78, 5) is 0. The molecule has 0 aliphatic rings. The van der Waals surface area contributed by atoms with Crippen LogP contribution in [0.3, 0.4) is 0 Å². The van der Waals surface area contributed by atoms with Crippen LogP contribution in [0, 0.1) is 0 Å². The van der Waals surface area contributed by atoms with E-state index in [2.05, 4.69) is 22.5 Å². The van der Waals surface area contributed by atoms with Crippen LogP contribution in [-0.4, -0.2) is 48.9 Å². The van der Waals surface area contributed by atoms with Crippen molar-refractivity contribution in [2.45, 2.75) is 0 Å². The zero-order valence-corrected chi connectivity index (χ0v) is 8.48. The van der Waals surface area contributed by atoms with E-state index in [-0.39, 0.29) is 48.9 Å². The normalized spacial score (nSPS) is 1.50. The van der Waals surface area contributed by atoms with E-state index in [1.807, 2.05) is 0 Å². The Morgan fingerprint density at radius 1 is 1.00 bits per heavy atom. The van der Waals surface area contributed by atoms with Crippen molar-refractivity contribution in [2.24, 2.45) is 0 Å². The van der Waals surface area contributed by atoms with Crippen LogP contribution in [0.2, 0.25) is 0 Å². The molecule has 0 aromatic rings. The van der Waals surface area contributed by atoms with Crippen LogP contribution in [0.5, 0.6) is 0 Å². The third-order valence-corrected chi connectivity index (χ3v) is 0. The SMILES string of the molecule is SCl.[Sb+3].[Sb+3]. The van der Waals surface area contributed by atoms with Gasteiger partial charge in [-0.05, 0) is 10.7 Å². The summed E-state index contributed by atoms with van der Waals surface area (Å²) in [7, 11) is 4.33.